The summed E-state index contributed by atoms with van der Waals surface area (Å²) in [6.45, 7) is 0. The van der Waals surface area contributed by atoms with Crippen LogP contribution < -0.4 is 0 Å². The Morgan fingerprint density at radius 2 is 1.77 bits per heavy atom. The molecule has 0 fully saturated rings. The number of nitrogens with zero attached hydrogens (tertiary/aromatic N) is 5. The van der Waals surface area contributed by atoms with Gasteiger partial charge in [-0.05, 0) is 12.1 Å². The van der Waals surface area contributed by atoms with Crippen LogP contribution in [0.25, 0.3) is 11.4 Å². The van der Waals surface area contributed by atoms with Gasteiger partial charge in [0.25, 0.3) is 5.91 Å². The maximum absolute atomic E-state index is 12.3. The zero-order valence-corrected chi connectivity index (χ0v) is 10.5. The van der Waals surface area contributed by atoms with Crippen LogP contribution in [0.1, 0.15) is 16.2 Å². The summed E-state index contributed by atoms with van der Waals surface area (Å²) in [5.41, 5.74) is 0.183. The Labute approximate surface area is 120 Å². The molecule has 1 aromatic heterocycles. The number of aromatic nitrogens is 2. The zero-order chi connectivity index (χ0) is 16.3. The summed E-state index contributed by atoms with van der Waals surface area (Å²) in [6.07, 6.45) is -2.00. The molecule has 0 spiro atoms. The Morgan fingerprint density at radius 1 is 1.18 bits per heavy atom. The number of carbonyl (C=O) groups excluding carboxylic acids is 1. The van der Waals surface area contributed by atoms with Gasteiger partial charge in [-0.1, -0.05) is 17.3 Å². The van der Waals surface area contributed by atoms with Crippen molar-refractivity contribution in [2.45, 2.75) is 6.18 Å². The fourth-order valence-electron chi connectivity index (χ4n) is 1.46. The van der Waals surface area contributed by atoms with E-state index < -0.39 is 18.0 Å². The molecule has 0 bridgehead atoms. The summed E-state index contributed by atoms with van der Waals surface area (Å²) >= 11 is 0. The molecule has 0 aliphatic carbocycles. The van der Waals surface area contributed by atoms with Gasteiger partial charge < -0.3 is 4.52 Å². The third-order valence-corrected chi connectivity index (χ3v) is 2.46. The minimum atomic E-state index is -4.75. The minimum Gasteiger partial charge on any atom is -0.329 e. The highest BCUT2D eigenvalue weighted by atomic mass is 19.4. The normalized spacial score (nSPS) is 10.6. The van der Waals surface area contributed by atoms with Crippen LogP contribution >= 0.6 is 0 Å². The summed E-state index contributed by atoms with van der Waals surface area (Å²) < 4.78 is 41.1. The Balaban J connectivity index is 2.27. The second-order valence-electron chi connectivity index (χ2n) is 3.84. The van der Waals surface area contributed by atoms with Crippen molar-refractivity contribution >= 4 is 5.91 Å². The number of nitriles is 2. The molecule has 0 unspecified atom stereocenters. The van der Waals surface area contributed by atoms with Crippen molar-refractivity contribution in [1.82, 2.24) is 15.0 Å². The topological polar surface area (TPSA) is 107 Å². The molecule has 1 aromatic carbocycles. The number of rotatable bonds is 2. The van der Waals surface area contributed by atoms with Gasteiger partial charge in [-0.25, -0.2) is 0 Å². The third kappa shape index (κ3) is 2.86. The van der Waals surface area contributed by atoms with Crippen molar-refractivity contribution in [2.75, 3.05) is 0 Å². The van der Waals surface area contributed by atoms with Gasteiger partial charge in [-0.3, -0.25) is 4.79 Å². The number of alkyl halides is 3. The zero-order valence-electron chi connectivity index (χ0n) is 10.5. The van der Waals surface area contributed by atoms with Gasteiger partial charge in [0.05, 0.1) is 0 Å². The van der Waals surface area contributed by atoms with E-state index in [1.54, 1.807) is 0 Å². The van der Waals surface area contributed by atoms with Crippen molar-refractivity contribution < 1.29 is 22.5 Å². The lowest BCUT2D eigenvalue weighted by Gasteiger charge is -2.03. The molecule has 1 amide bonds. The Morgan fingerprint density at radius 3 is 2.23 bits per heavy atom. The second-order valence-corrected chi connectivity index (χ2v) is 3.84. The van der Waals surface area contributed by atoms with Crippen LogP contribution in [0.3, 0.4) is 0 Å². The Kier molecular flexibility index (Phi) is 3.77. The molecule has 110 valence electrons. The molecule has 1 heterocycles. The predicted molar refractivity (Wildman–Crippen MR) is 62.1 cm³/mol. The summed E-state index contributed by atoms with van der Waals surface area (Å²) in [4.78, 5) is 15.1. The largest absolute Gasteiger partial charge is 0.471 e. The van der Waals surface area contributed by atoms with Gasteiger partial charge in [0.15, 0.2) is 0 Å². The molecule has 0 N–H and O–H groups in total. The Bertz CT molecular complexity index is 769. The molecule has 0 aliphatic heterocycles. The highest BCUT2D eigenvalue weighted by Gasteiger charge is 2.38. The smallest absolute Gasteiger partial charge is 0.329 e. The fourth-order valence-corrected chi connectivity index (χ4v) is 1.46. The molecule has 2 rings (SSSR count). The first-order valence-electron chi connectivity index (χ1n) is 5.52. The monoisotopic (exact) mass is 307 g/mol. The van der Waals surface area contributed by atoms with E-state index in [1.807, 2.05) is 0 Å². The van der Waals surface area contributed by atoms with E-state index in [-0.39, 0.29) is 21.9 Å². The molecule has 0 saturated carbocycles. The number of benzene rings is 1. The average molecular weight is 307 g/mol. The van der Waals surface area contributed by atoms with Crippen LogP contribution in [0.5, 0.6) is 0 Å². The summed E-state index contributed by atoms with van der Waals surface area (Å²) in [7, 11) is 0. The van der Waals surface area contributed by atoms with Crippen molar-refractivity contribution in [3.05, 3.63) is 35.7 Å². The number of hydrogen-bond donors (Lipinski definition) is 0. The summed E-state index contributed by atoms with van der Waals surface area (Å²) in [5, 5.41) is 20.3. The van der Waals surface area contributed by atoms with Gasteiger partial charge >= 0.3 is 12.1 Å². The highest BCUT2D eigenvalue weighted by molar-refractivity contribution is 5.96. The van der Waals surface area contributed by atoms with Crippen molar-refractivity contribution in [1.29, 1.82) is 10.5 Å². The molecule has 10 heteroatoms. The highest BCUT2D eigenvalue weighted by Crippen LogP contribution is 2.29. The van der Waals surface area contributed by atoms with E-state index in [4.69, 9.17) is 10.5 Å². The number of carbonyl (C=O) groups is 1. The first-order chi connectivity index (χ1) is 10.4. The summed E-state index contributed by atoms with van der Waals surface area (Å²) in [6, 6.07) is 4.99. The first-order valence-corrected chi connectivity index (χ1v) is 5.52. The fraction of sp³-hybridized carbons (Fsp3) is 0.0833. The van der Waals surface area contributed by atoms with Crippen LogP contribution in [0.2, 0.25) is 0 Å². The molecule has 0 radical (unpaired) electrons. The molecular weight excluding hydrogens is 303 g/mol. The molecular formula is C12H4F3N5O2. The molecule has 7 nitrogen and oxygen atoms in total. The van der Waals surface area contributed by atoms with E-state index in [1.165, 1.54) is 36.7 Å². The van der Waals surface area contributed by atoms with E-state index >= 15 is 0 Å². The Hall–Kier alpha value is -3.40. The van der Waals surface area contributed by atoms with E-state index in [2.05, 4.69) is 14.7 Å². The number of amides is 1. The van der Waals surface area contributed by atoms with E-state index in [0.717, 1.165) is 0 Å². The van der Waals surface area contributed by atoms with Crippen molar-refractivity contribution in [3.63, 3.8) is 0 Å². The average Bonchev–Trinajstić information content (AvgIpc) is 2.98. The lowest BCUT2D eigenvalue weighted by molar-refractivity contribution is -0.159. The molecule has 22 heavy (non-hydrogen) atoms. The quantitative estimate of drug-likeness (QED) is 0.621. The van der Waals surface area contributed by atoms with Gasteiger partial charge in [-0.2, -0.15) is 28.7 Å². The van der Waals surface area contributed by atoms with Crippen LogP contribution in [0.15, 0.2) is 28.8 Å². The van der Waals surface area contributed by atoms with Gasteiger partial charge in [0, 0.05) is 11.1 Å². The van der Waals surface area contributed by atoms with Gasteiger partial charge in [-0.15, -0.1) is 4.90 Å². The first kappa shape index (κ1) is 15.0. The minimum absolute atomic E-state index is 0.00592. The van der Waals surface area contributed by atoms with Gasteiger partial charge in [0.1, 0.15) is 0 Å². The van der Waals surface area contributed by atoms with Crippen LogP contribution in [-0.2, 0) is 6.18 Å². The van der Waals surface area contributed by atoms with Crippen LogP contribution in [0.4, 0.5) is 13.2 Å². The lowest BCUT2D eigenvalue weighted by Crippen LogP contribution is -2.20. The second kappa shape index (κ2) is 5.54. The SMILES string of the molecule is N#CN(C#N)C(=O)c1ccc(-c2noc(C(F)(F)F)n2)cc1. The molecule has 0 saturated heterocycles. The molecule has 2 aromatic rings. The van der Waals surface area contributed by atoms with Crippen molar-refractivity contribution in [2.24, 2.45) is 0 Å². The maximum atomic E-state index is 12.3. The number of halogens is 3. The van der Waals surface area contributed by atoms with Crippen molar-refractivity contribution in [3.8, 4) is 23.8 Å². The van der Waals surface area contributed by atoms with Crippen LogP contribution in [0, 0.1) is 22.9 Å². The van der Waals surface area contributed by atoms with Crippen LogP contribution in [-0.4, -0.2) is 20.9 Å². The third-order valence-electron chi connectivity index (χ3n) is 2.46. The predicted octanol–water partition coefficient (Wildman–Crippen LogP) is 2.16. The molecule has 0 atom stereocenters. The molecule has 0 aliphatic rings. The number of hydrogen-bond acceptors (Lipinski definition) is 6. The van der Waals surface area contributed by atoms with Gasteiger partial charge in [0.2, 0.25) is 18.2 Å². The lowest BCUT2D eigenvalue weighted by atomic mass is 10.1. The maximum Gasteiger partial charge on any atom is 0.471 e. The van der Waals surface area contributed by atoms with E-state index in [9.17, 15) is 18.0 Å². The standard InChI is InChI=1S/C12H4F3N5O2/c13-12(14,15)11-18-9(19-22-11)7-1-3-8(4-2-7)10(21)20(5-16)6-17/h1-4H. The summed E-state index contributed by atoms with van der Waals surface area (Å²) in [5.74, 6) is -2.65. The van der Waals surface area contributed by atoms with E-state index in [0.29, 0.717) is 0 Å².